The van der Waals surface area contributed by atoms with Crippen LogP contribution in [0.5, 0.6) is 0 Å². The average molecular weight is 248 g/mol. The lowest BCUT2D eigenvalue weighted by atomic mass is 9.78. The Morgan fingerprint density at radius 1 is 1.50 bits per heavy atom. The van der Waals surface area contributed by atoms with Crippen molar-refractivity contribution < 1.29 is 18.3 Å². The molecule has 2 unspecified atom stereocenters. The molecule has 5 heteroatoms. The van der Waals surface area contributed by atoms with Gasteiger partial charge in [-0.3, -0.25) is 4.79 Å². The van der Waals surface area contributed by atoms with Crippen LogP contribution in [0, 0.1) is 11.3 Å². The molecule has 0 spiro atoms. The van der Waals surface area contributed by atoms with Crippen molar-refractivity contribution in [1.29, 1.82) is 0 Å². The molecule has 0 saturated carbocycles. The van der Waals surface area contributed by atoms with Gasteiger partial charge in [-0.2, -0.15) is 0 Å². The highest BCUT2D eigenvalue weighted by molar-refractivity contribution is 7.91. The van der Waals surface area contributed by atoms with Crippen LogP contribution < -0.4 is 0 Å². The highest BCUT2D eigenvalue weighted by atomic mass is 32.2. The summed E-state index contributed by atoms with van der Waals surface area (Å²) in [5.41, 5.74) is -1.02. The lowest BCUT2D eigenvalue weighted by Gasteiger charge is -2.25. The summed E-state index contributed by atoms with van der Waals surface area (Å²) >= 11 is 0. The van der Waals surface area contributed by atoms with E-state index in [2.05, 4.69) is 6.92 Å². The quantitative estimate of drug-likeness (QED) is 0.804. The standard InChI is InChI=1S/C11H20O4S/c1-3-4-9(2)7-11(10(12)13)5-6-16(14,15)8-11/h9H,3-8H2,1-2H3,(H,12,13). The molecule has 0 radical (unpaired) electrons. The zero-order chi connectivity index (χ0) is 12.4. The van der Waals surface area contributed by atoms with Gasteiger partial charge in [0.1, 0.15) is 0 Å². The van der Waals surface area contributed by atoms with E-state index in [-0.39, 0.29) is 23.8 Å². The Labute approximate surface area is 97.0 Å². The van der Waals surface area contributed by atoms with Gasteiger partial charge in [0.15, 0.2) is 9.84 Å². The first-order valence-electron chi connectivity index (χ1n) is 5.75. The summed E-state index contributed by atoms with van der Waals surface area (Å²) < 4.78 is 22.9. The van der Waals surface area contributed by atoms with Crippen molar-refractivity contribution in [2.24, 2.45) is 11.3 Å². The molecule has 2 atom stereocenters. The van der Waals surface area contributed by atoms with Gasteiger partial charge in [-0.05, 0) is 18.8 Å². The van der Waals surface area contributed by atoms with Crippen molar-refractivity contribution in [3.05, 3.63) is 0 Å². The molecule has 0 aromatic rings. The third-order valence-electron chi connectivity index (χ3n) is 3.36. The molecule has 1 fully saturated rings. The largest absolute Gasteiger partial charge is 0.481 e. The number of carboxylic acids is 1. The normalized spacial score (nSPS) is 30.1. The lowest BCUT2D eigenvalue weighted by Crippen LogP contribution is -2.34. The van der Waals surface area contributed by atoms with Gasteiger partial charge in [0, 0.05) is 0 Å². The number of carbonyl (C=O) groups is 1. The predicted octanol–water partition coefficient (Wildman–Crippen LogP) is 1.70. The van der Waals surface area contributed by atoms with Crippen LogP contribution >= 0.6 is 0 Å². The third kappa shape index (κ3) is 2.97. The molecular weight excluding hydrogens is 228 g/mol. The fraction of sp³-hybridized carbons (Fsp3) is 0.909. The topological polar surface area (TPSA) is 71.4 Å². The van der Waals surface area contributed by atoms with E-state index in [4.69, 9.17) is 0 Å². The molecule has 4 nitrogen and oxygen atoms in total. The molecule has 0 aromatic carbocycles. The first-order chi connectivity index (χ1) is 7.31. The highest BCUT2D eigenvalue weighted by Crippen LogP contribution is 2.39. The number of sulfone groups is 1. The molecular formula is C11H20O4S. The first-order valence-corrected chi connectivity index (χ1v) is 7.57. The maximum atomic E-state index is 11.4. The molecule has 0 bridgehead atoms. The van der Waals surface area contributed by atoms with E-state index in [1.165, 1.54) is 0 Å². The summed E-state index contributed by atoms with van der Waals surface area (Å²) in [5, 5.41) is 9.25. The smallest absolute Gasteiger partial charge is 0.310 e. The van der Waals surface area contributed by atoms with Crippen LogP contribution in [0.4, 0.5) is 0 Å². The van der Waals surface area contributed by atoms with Crippen LogP contribution in [0.1, 0.15) is 39.5 Å². The summed E-state index contributed by atoms with van der Waals surface area (Å²) in [7, 11) is -3.14. The van der Waals surface area contributed by atoms with Crippen LogP contribution in [0.15, 0.2) is 0 Å². The number of hydrogen-bond acceptors (Lipinski definition) is 3. The molecule has 1 aliphatic heterocycles. The van der Waals surface area contributed by atoms with E-state index in [9.17, 15) is 18.3 Å². The van der Waals surface area contributed by atoms with Gasteiger partial charge in [0.25, 0.3) is 0 Å². The molecule has 1 heterocycles. The molecule has 1 aliphatic rings. The number of rotatable bonds is 5. The summed E-state index contributed by atoms with van der Waals surface area (Å²) in [6.07, 6.45) is 2.72. The van der Waals surface area contributed by atoms with Crippen molar-refractivity contribution >= 4 is 15.8 Å². The zero-order valence-electron chi connectivity index (χ0n) is 9.90. The third-order valence-corrected chi connectivity index (χ3v) is 5.18. The van der Waals surface area contributed by atoms with E-state index in [1.54, 1.807) is 0 Å². The molecule has 1 N–H and O–H groups in total. The van der Waals surface area contributed by atoms with E-state index in [1.807, 2.05) is 6.92 Å². The number of hydrogen-bond donors (Lipinski definition) is 1. The minimum atomic E-state index is -3.14. The second-order valence-electron chi connectivity index (χ2n) is 5.03. The van der Waals surface area contributed by atoms with Crippen molar-refractivity contribution in [3.63, 3.8) is 0 Å². The van der Waals surface area contributed by atoms with Gasteiger partial charge in [-0.15, -0.1) is 0 Å². The van der Waals surface area contributed by atoms with Gasteiger partial charge < -0.3 is 5.11 Å². The van der Waals surface area contributed by atoms with E-state index in [0.29, 0.717) is 6.42 Å². The predicted molar refractivity (Wildman–Crippen MR) is 62.0 cm³/mol. The molecule has 0 amide bonds. The summed E-state index contributed by atoms with van der Waals surface area (Å²) in [6.45, 7) is 4.05. The van der Waals surface area contributed by atoms with Crippen LogP contribution in [-0.4, -0.2) is 31.0 Å². The Bertz CT molecular complexity index is 360. The monoisotopic (exact) mass is 248 g/mol. The maximum Gasteiger partial charge on any atom is 0.310 e. The second-order valence-corrected chi connectivity index (χ2v) is 7.21. The Hall–Kier alpha value is -0.580. The Kier molecular flexibility index (Phi) is 3.99. The lowest BCUT2D eigenvalue weighted by molar-refractivity contribution is -0.148. The maximum absolute atomic E-state index is 11.4. The fourth-order valence-corrected chi connectivity index (χ4v) is 4.67. The summed E-state index contributed by atoms with van der Waals surface area (Å²) in [6, 6.07) is 0. The Morgan fingerprint density at radius 2 is 2.12 bits per heavy atom. The Balaban J connectivity index is 2.80. The minimum Gasteiger partial charge on any atom is -0.481 e. The van der Waals surface area contributed by atoms with Gasteiger partial charge in [0.2, 0.25) is 0 Å². The molecule has 1 rings (SSSR count). The van der Waals surface area contributed by atoms with Crippen LogP contribution in [0.2, 0.25) is 0 Å². The van der Waals surface area contributed by atoms with E-state index in [0.717, 1.165) is 12.8 Å². The zero-order valence-corrected chi connectivity index (χ0v) is 10.7. The van der Waals surface area contributed by atoms with Crippen LogP contribution in [-0.2, 0) is 14.6 Å². The van der Waals surface area contributed by atoms with E-state index >= 15 is 0 Å². The number of carboxylic acid groups (broad SMARTS) is 1. The van der Waals surface area contributed by atoms with Crippen LogP contribution in [0.3, 0.4) is 0 Å². The molecule has 94 valence electrons. The van der Waals surface area contributed by atoms with Crippen molar-refractivity contribution in [3.8, 4) is 0 Å². The summed E-state index contributed by atoms with van der Waals surface area (Å²) in [4.78, 5) is 11.3. The first kappa shape index (κ1) is 13.5. The van der Waals surface area contributed by atoms with Crippen molar-refractivity contribution in [2.45, 2.75) is 39.5 Å². The fourth-order valence-electron chi connectivity index (χ4n) is 2.60. The van der Waals surface area contributed by atoms with Gasteiger partial charge in [0.05, 0.1) is 16.9 Å². The Morgan fingerprint density at radius 3 is 2.50 bits per heavy atom. The SMILES string of the molecule is CCCC(C)CC1(C(=O)O)CCS(=O)(=O)C1. The molecule has 1 saturated heterocycles. The highest BCUT2D eigenvalue weighted by Gasteiger charge is 2.48. The molecule has 0 aromatic heterocycles. The summed E-state index contributed by atoms with van der Waals surface area (Å²) in [5.74, 6) is -0.826. The minimum absolute atomic E-state index is 0.0259. The second kappa shape index (κ2) is 4.73. The van der Waals surface area contributed by atoms with Gasteiger partial charge in [-0.25, -0.2) is 8.42 Å². The van der Waals surface area contributed by atoms with Crippen LogP contribution in [0.25, 0.3) is 0 Å². The van der Waals surface area contributed by atoms with Gasteiger partial charge in [-0.1, -0.05) is 26.7 Å². The molecule has 16 heavy (non-hydrogen) atoms. The van der Waals surface area contributed by atoms with E-state index < -0.39 is 21.2 Å². The number of aliphatic carboxylic acids is 1. The van der Waals surface area contributed by atoms with Crippen molar-refractivity contribution in [2.75, 3.05) is 11.5 Å². The van der Waals surface area contributed by atoms with Gasteiger partial charge >= 0.3 is 5.97 Å². The average Bonchev–Trinajstić information content (AvgIpc) is 2.43. The van der Waals surface area contributed by atoms with Crippen molar-refractivity contribution in [1.82, 2.24) is 0 Å². The molecule has 0 aliphatic carbocycles.